The highest BCUT2D eigenvalue weighted by Crippen LogP contribution is 1.99. The van der Waals surface area contributed by atoms with Gasteiger partial charge in [-0.15, -0.1) is 0 Å². The van der Waals surface area contributed by atoms with E-state index in [1.807, 2.05) is 13.8 Å². The molecule has 0 aliphatic rings. The minimum Gasteiger partial charge on any atom is -0.396 e. The maximum atomic E-state index is 8.68. The summed E-state index contributed by atoms with van der Waals surface area (Å²) in [6.45, 7) is 5.14. The van der Waals surface area contributed by atoms with Crippen LogP contribution in [0.2, 0.25) is 0 Å². The molecule has 0 saturated carbocycles. The summed E-state index contributed by atoms with van der Waals surface area (Å²) in [5, 5.41) is 14.5. The standard InChI is InChI=1S/C13H19NO/c1-3-11-6-7-13(10-12(11)4-2)14-8-5-9-15/h3-4,6-7,10,14-15H,5,8-9H2,1-2H3. The van der Waals surface area contributed by atoms with Gasteiger partial charge in [-0.05, 0) is 42.8 Å². The van der Waals surface area contributed by atoms with E-state index in [4.69, 9.17) is 5.11 Å². The van der Waals surface area contributed by atoms with E-state index in [1.165, 1.54) is 10.4 Å². The molecule has 0 fully saturated rings. The van der Waals surface area contributed by atoms with Gasteiger partial charge >= 0.3 is 0 Å². The molecule has 0 aliphatic carbocycles. The van der Waals surface area contributed by atoms with Crippen molar-refractivity contribution in [3.05, 3.63) is 28.6 Å². The van der Waals surface area contributed by atoms with Crippen LogP contribution >= 0.6 is 0 Å². The van der Waals surface area contributed by atoms with Gasteiger partial charge in [0.05, 0.1) is 0 Å². The van der Waals surface area contributed by atoms with Gasteiger partial charge < -0.3 is 10.4 Å². The first kappa shape index (κ1) is 11.8. The lowest BCUT2D eigenvalue weighted by atomic mass is 10.2. The zero-order valence-corrected chi connectivity index (χ0v) is 9.46. The molecular formula is C13H19NO. The topological polar surface area (TPSA) is 32.3 Å². The molecule has 0 aromatic heterocycles. The Hall–Kier alpha value is -1.28. The summed E-state index contributed by atoms with van der Waals surface area (Å²) in [7, 11) is 0. The number of benzene rings is 1. The predicted octanol–water partition coefficient (Wildman–Crippen LogP) is 1.08. The van der Waals surface area contributed by atoms with Gasteiger partial charge in [0.2, 0.25) is 0 Å². The molecule has 0 atom stereocenters. The van der Waals surface area contributed by atoms with Gasteiger partial charge in [-0.25, -0.2) is 0 Å². The number of nitrogens with one attached hydrogen (secondary N) is 1. The molecule has 1 rings (SSSR count). The second-order valence-electron chi connectivity index (χ2n) is 3.42. The molecule has 1 aromatic carbocycles. The van der Waals surface area contributed by atoms with Crippen molar-refractivity contribution in [3.8, 4) is 0 Å². The molecule has 82 valence electrons. The van der Waals surface area contributed by atoms with Crippen LogP contribution in [0, 0.1) is 0 Å². The number of aliphatic hydroxyl groups is 1. The van der Waals surface area contributed by atoms with Gasteiger partial charge in [0, 0.05) is 18.8 Å². The van der Waals surface area contributed by atoms with E-state index in [-0.39, 0.29) is 6.61 Å². The fourth-order valence-corrected chi connectivity index (χ4v) is 1.51. The normalized spacial score (nSPS) is 13.3. The highest BCUT2D eigenvalue weighted by molar-refractivity contribution is 5.46. The van der Waals surface area contributed by atoms with Crippen LogP contribution in [0.25, 0.3) is 12.2 Å². The molecular weight excluding hydrogens is 186 g/mol. The fraction of sp³-hybridized carbons (Fsp3) is 0.385. The third-order valence-corrected chi connectivity index (χ3v) is 2.37. The Bertz CT molecular complexity index is 409. The smallest absolute Gasteiger partial charge is 0.0447 e. The second kappa shape index (κ2) is 6.25. The van der Waals surface area contributed by atoms with Crippen molar-refractivity contribution >= 4 is 17.8 Å². The predicted molar refractivity (Wildman–Crippen MR) is 66.2 cm³/mol. The number of aliphatic hydroxyl groups excluding tert-OH is 1. The Balaban J connectivity index is 2.86. The van der Waals surface area contributed by atoms with Gasteiger partial charge in [0.25, 0.3) is 0 Å². The molecule has 0 aliphatic heterocycles. The summed E-state index contributed by atoms with van der Waals surface area (Å²) >= 11 is 0. The van der Waals surface area contributed by atoms with Crippen LogP contribution in [0.3, 0.4) is 0 Å². The van der Waals surface area contributed by atoms with E-state index in [0.717, 1.165) is 18.7 Å². The summed E-state index contributed by atoms with van der Waals surface area (Å²) in [6, 6.07) is 6.31. The number of hydrogen-bond acceptors (Lipinski definition) is 2. The molecule has 2 nitrogen and oxygen atoms in total. The summed E-state index contributed by atoms with van der Waals surface area (Å²) in [5.74, 6) is 0. The zero-order valence-electron chi connectivity index (χ0n) is 9.46. The Labute approximate surface area is 91.0 Å². The lowest BCUT2D eigenvalue weighted by Crippen LogP contribution is -2.24. The van der Waals surface area contributed by atoms with Gasteiger partial charge in [-0.3, -0.25) is 0 Å². The van der Waals surface area contributed by atoms with Crippen molar-refractivity contribution in [2.24, 2.45) is 0 Å². The highest BCUT2D eigenvalue weighted by Gasteiger charge is 1.91. The second-order valence-corrected chi connectivity index (χ2v) is 3.42. The van der Waals surface area contributed by atoms with Crippen LogP contribution < -0.4 is 15.8 Å². The highest BCUT2D eigenvalue weighted by atomic mass is 16.3. The summed E-state index contributed by atoms with van der Waals surface area (Å²) in [5.41, 5.74) is 1.11. The van der Waals surface area contributed by atoms with Crippen molar-refractivity contribution in [2.45, 2.75) is 20.3 Å². The molecule has 0 radical (unpaired) electrons. The number of hydrogen-bond donors (Lipinski definition) is 2. The van der Waals surface area contributed by atoms with Gasteiger partial charge in [0.1, 0.15) is 0 Å². The first-order valence-electron chi connectivity index (χ1n) is 5.39. The van der Waals surface area contributed by atoms with Crippen LogP contribution in [-0.4, -0.2) is 18.3 Å². The molecule has 0 saturated heterocycles. The van der Waals surface area contributed by atoms with Crippen LogP contribution in [0.1, 0.15) is 20.3 Å². The molecule has 0 spiro atoms. The van der Waals surface area contributed by atoms with Crippen LogP contribution in [0.15, 0.2) is 18.2 Å². The SMILES string of the molecule is CC=c1ccc(NCCCO)cc1=CC. The maximum absolute atomic E-state index is 8.68. The Morgan fingerprint density at radius 1 is 1.20 bits per heavy atom. The molecule has 0 heterocycles. The van der Waals surface area contributed by atoms with Crippen molar-refractivity contribution in [3.63, 3.8) is 0 Å². The van der Waals surface area contributed by atoms with E-state index in [2.05, 4.69) is 35.7 Å². The monoisotopic (exact) mass is 205 g/mol. The zero-order chi connectivity index (χ0) is 11.1. The van der Waals surface area contributed by atoms with Crippen LogP contribution in [-0.2, 0) is 0 Å². The quantitative estimate of drug-likeness (QED) is 0.721. The largest absolute Gasteiger partial charge is 0.396 e. The lowest BCUT2D eigenvalue weighted by Gasteiger charge is -2.04. The molecule has 2 N–H and O–H groups in total. The molecule has 15 heavy (non-hydrogen) atoms. The van der Waals surface area contributed by atoms with E-state index in [0.29, 0.717) is 0 Å². The van der Waals surface area contributed by atoms with Crippen LogP contribution in [0.5, 0.6) is 0 Å². The van der Waals surface area contributed by atoms with Gasteiger partial charge in [0.15, 0.2) is 0 Å². The molecule has 0 bridgehead atoms. The number of anilines is 1. The summed E-state index contributed by atoms with van der Waals surface area (Å²) in [4.78, 5) is 0. The average molecular weight is 205 g/mol. The summed E-state index contributed by atoms with van der Waals surface area (Å²) < 4.78 is 0. The van der Waals surface area contributed by atoms with Crippen molar-refractivity contribution < 1.29 is 5.11 Å². The van der Waals surface area contributed by atoms with Crippen molar-refractivity contribution in [1.82, 2.24) is 0 Å². The fourth-order valence-electron chi connectivity index (χ4n) is 1.51. The van der Waals surface area contributed by atoms with E-state index >= 15 is 0 Å². The first-order valence-corrected chi connectivity index (χ1v) is 5.39. The van der Waals surface area contributed by atoms with Crippen molar-refractivity contribution in [1.29, 1.82) is 0 Å². The summed E-state index contributed by atoms with van der Waals surface area (Å²) in [6.07, 6.45) is 4.99. The third-order valence-electron chi connectivity index (χ3n) is 2.37. The maximum Gasteiger partial charge on any atom is 0.0447 e. The van der Waals surface area contributed by atoms with E-state index < -0.39 is 0 Å². The van der Waals surface area contributed by atoms with Gasteiger partial charge in [-0.2, -0.15) is 0 Å². The minimum atomic E-state index is 0.237. The van der Waals surface area contributed by atoms with E-state index in [9.17, 15) is 0 Å². The Morgan fingerprint density at radius 3 is 2.53 bits per heavy atom. The van der Waals surface area contributed by atoms with Crippen molar-refractivity contribution in [2.75, 3.05) is 18.5 Å². The average Bonchev–Trinajstić information content (AvgIpc) is 2.29. The molecule has 2 heteroatoms. The lowest BCUT2D eigenvalue weighted by molar-refractivity contribution is 0.292. The number of rotatable bonds is 4. The Morgan fingerprint density at radius 2 is 1.93 bits per heavy atom. The third kappa shape index (κ3) is 3.40. The Kier molecular flexibility index (Phi) is 4.91. The van der Waals surface area contributed by atoms with Crippen LogP contribution in [0.4, 0.5) is 5.69 Å². The minimum absolute atomic E-state index is 0.237. The molecule has 1 aromatic rings. The molecule has 0 unspecified atom stereocenters. The van der Waals surface area contributed by atoms with Gasteiger partial charge in [-0.1, -0.05) is 18.2 Å². The first-order chi connectivity index (χ1) is 7.31. The molecule has 0 amide bonds. The van der Waals surface area contributed by atoms with E-state index in [1.54, 1.807) is 0 Å².